The predicted octanol–water partition coefficient (Wildman–Crippen LogP) is -0.559. The van der Waals surface area contributed by atoms with Crippen LogP contribution in [0.3, 0.4) is 0 Å². The molecule has 2 amide bonds. The maximum Gasteiger partial charge on any atom is 0.312 e. The summed E-state index contributed by atoms with van der Waals surface area (Å²) in [6.45, 7) is 5.41. The second-order valence-corrected chi connectivity index (χ2v) is 7.23. The molecule has 5 atom stereocenters. The Bertz CT molecular complexity index is 579. The van der Waals surface area contributed by atoms with Crippen molar-refractivity contribution in [2.24, 2.45) is 11.8 Å². The third-order valence-corrected chi connectivity index (χ3v) is 5.38. The van der Waals surface area contributed by atoms with Crippen LogP contribution in [0.5, 0.6) is 0 Å². The van der Waals surface area contributed by atoms with Gasteiger partial charge in [0.2, 0.25) is 11.8 Å². The fraction of sp³-hybridized carbons (Fsp3) is 0.824. The van der Waals surface area contributed by atoms with Crippen molar-refractivity contribution in [3.05, 3.63) is 0 Å². The smallest absolute Gasteiger partial charge is 0.312 e. The number of fused-ring (bicyclic) bond motifs is 1. The number of carbonyl (C=O) groups is 3. The first-order chi connectivity index (χ1) is 11.9. The number of esters is 1. The normalized spacial score (nSPS) is 36.0. The SMILES string of the molecule is CCOC(=O)[C@@H]1[C@@H]2CC[C@]3(O2)[C@H](C(=O)NC(C)C)N(CCO)C(=O)[C@@H]13. The molecule has 3 rings (SSSR count). The second kappa shape index (κ2) is 6.57. The van der Waals surface area contributed by atoms with Crippen LogP contribution in [0.25, 0.3) is 0 Å². The second-order valence-electron chi connectivity index (χ2n) is 7.23. The lowest BCUT2D eigenvalue weighted by atomic mass is 9.70. The van der Waals surface area contributed by atoms with Crippen LogP contribution in [0.1, 0.15) is 33.6 Å². The van der Waals surface area contributed by atoms with Gasteiger partial charge in [-0.1, -0.05) is 0 Å². The molecule has 3 heterocycles. The molecule has 0 aromatic rings. The quantitative estimate of drug-likeness (QED) is 0.620. The molecule has 1 spiro atoms. The van der Waals surface area contributed by atoms with Gasteiger partial charge in [0.05, 0.1) is 31.2 Å². The third-order valence-electron chi connectivity index (χ3n) is 5.38. The van der Waals surface area contributed by atoms with E-state index in [0.29, 0.717) is 12.8 Å². The van der Waals surface area contributed by atoms with Gasteiger partial charge < -0.3 is 24.8 Å². The van der Waals surface area contributed by atoms with Gasteiger partial charge in [0.1, 0.15) is 11.6 Å². The van der Waals surface area contributed by atoms with Crippen LogP contribution in [-0.4, -0.2) is 71.3 Å². The molecule has 0 unspecified atom stereocenters. The Kier molecular flexibility index (Phi) is 4.76. The molecule has 0 saturated carbocycles. The summed E-state index contributed by atoms with van der Waals surface area (Å²) < 4.78 is 11.3. The molecule has 2 bridgehead atoms. The lowest BCUT2D eigenvalue weighted by molar-refractivity contribution is -0.154. The number of aliphatic hydroxyl groups is 1. The predicted molar refractivity (Wildman–Crippen MR) is 86.3 cm³/mol. The Morgan fingerprint density at radius 2 is 2.20 bits per heavy atom. The molecule has 0 aliphatic carbocycles. The summed E-state index contributed by atoms with van der Waals surface area (Å²) in [6.07, 6.45) is 0.770. The first-order valence-corrected chi connectivity index (χ1v) is 8.93. The standard InChI is InChI=1S/C17H26N2O6/c1-4-24-16(23)11-10-5-6-17(25-10)12(11)15(22)19(7-8-20)13(17)14(21)18-9(2)3/h9-13,20H,4-8H2,1-3H3,(H,18,21)/t10-,11+,12+,13-,17+/m0/s1. The third kappa shape index (κ3) is 2.62. The van der Waals surface area contributed by atoms with Crippen molar-refractivity contribution in [1.82, 2.24) is 10.2 Å². The Morgan fingerprint density at radius 1 is 1.48 bits per heavy atom. The first kappa shape index (κ1) is 18.1. The van der Waals surface area contributed by atoms with Crippen molar-refractivity contribution in [1.29, 1.82) is 0 Å². The molecule has 25 heavy (non-hydrogen) atoms. The molecule has 8 heteroatoms. The van der Waals surface area contributed by atoms with Crippen LogP contribution in [0.15, 0.2) is 0 Å². The van der Waals surface area contributed by atoms with Gasteiger partial charge in [-0.05, 0) is 33.6 Å². The summed E-state index contributed by atoms with van der Waals surface area (Å²) in [5.41, 5.74) is -1.01. The minimum absolute atomic E-state index is 0.0385. The van der Waals surface area contributed by atoms with Crippen LogP contribution in [0, 0.1) is 11.8 Å². The molecular formula is C17H26N2O6. The largest absolute Gasteiger partial charge is 0.466 e. The van der Waals surface area contributed by atoms with E-state index >= 15 is 0 Å². The highest BCUT2D eigenvalue weighted by Crippen LogP contribution is 2.58. The maximum atomic E-state index is 13.0. The number of amides is 2. The van der Waals surface area contributed by atoms with Crippen molar-refractivity contribution in [3.63, 3.8) is 0 Å². The van der Waals surface area contributed by atoms with Crippen molar-refractivity contribution < 1.29 is 29.0 Å². The number of ether oxygens (including phenoxy) is 2. The van der Waals surface area contributed by atoms with Gasteiger partial charge in [-0.3, -0.25) is 14.4 Å². The summed E-state index contributed by atoms with van der Waals surface area (Å²) in [7, 11) is 0. The number of carbonyl (C=O) groups excluding carboxylic acids is 3. The minimum Gasteiger partial charge on any atom is -0.466 e. The lowest BCUT2D eigenvalue weighted by Crippen LogP contribution is -2.56. The summed E-state index contributed by atoms with van der Waals surface area (Å²) in [6, 6.07) is -0.919. The van der Waals surface area contributed by atoms with Gasteiger partial charge in [-0.15, -0.1) is 0 Å². The zero-order chi connectivity index (χ0) is 18.4. The van der Waals surface area contributed by atoms with Crippen LogP contribution in [0.2, 0.25) is 0 Å². The van der Waals surface area contributed by atoms with Gasteiger partial charge in [-0.2, -0.15) is 0 Å². The first-order valence-electron chi connectivity index (χ1n) is 8.93. The topological polar surface area (TPSA) is 105 Å². The highest BCUT2D eigenvalue weighted by Gasteiger charge is 2.74. The number of hydrogen-bond donors (Lipinski definition) is 2. The van der Waals surface area contributed by atoms with Crippen molar-refractivity contribution in [2.45, 2.75) is 57.4 Å². The van der Waals surface area contributed by atoms with E-state index in [1.165, 1.54) is 4.90 Å². The van der Waals surface area contributed by atoms with Crippen molar-refractivity contribution >= 4 is 17.8 Å². The van der Waals surface area contributed by atoms with E-state index in [0.717, 1.165) is 0 Å². The molecule has 3 aliphatic rings. The molecule has 2 N–H and O–H groups in total. The van der Waals surface area contributed by atoms with Crippen LogP contribution in [0.4, 0.5) is 0 Å². The molecule has 0 aromatic heterocycles. The Hall–Kier alpha value is -1.67. The number of rotatable bonds is 6. The monoisotopic (exact) mass is 354 g/mol. The van der Waals surface area contributed by atoms with Gasteiger partial charge >= 0.3 is 5.97 Å². The van der Waals surface area contributed by atoms with E-state index in [9.17, 15) is 19.5 Å². The van der Waals surface area contributed by atoms with E-state index < -0.39 is 35.6 Å². The fourth-order valence-corrected chi connectivity index (χ4v) is 4.67. The van der Waals surface area contributed by atoms with Crippen LogP contribution >= 0.6 is 0 Å². The Labute approximate surface area is 146 Å². The van der Waals surface area contributed by atoms with Crippen LogP contribution in [-0.2, 0) is 23.9 Å². The Balaban J connectivity index is 1.98. The molecule has 3 saturated heterocycles. The molecule has 140 valence electrons. The van der Waals surface area contributed by atoms with Gasteiger partial charge in [0.25, 0.3) is 0 Å². The Morgan fingerprint density at radius 3 is 2.80 bits per heavy atom. The van der Waals surface area contributed by atoms with Crippen LogP contribution < -0.4 is 5.32 Å². The van der Waals surface area contributed by atoms with Gasteiger partial charge in [-0.25, -0.2) is 0 Å². The van der Waals surface area contributed by atoms with E-state index in [4.69, 9.17) is 9.47 Å². The minimum atomic E-state index is -1.01. The summed E-state index contributed by atoms with van der Waals surface area (Å²) in [5.74, 6) is -2.46. The molecule has 3 aliphatic heterocycles. The van der Waals surface area contributed by atoms with Gasteiger partial charge in [0.15, 0.2) is 0 Å². The van der Waals surface area contributed by atoms with Crippen molar-refractivity contribution in [2.75, 3.05) is 19.8 Å². The number of likely N-dealkylation sites (tertiary alicyclic amines) is 1. The van der Waals surface area contributed by atoms with E-state index in [1.807, 2.05) is 13.8 Å². The molecule has 0 aromatic carbocycles. The highest BCUT2D eigenvalue weighted by molar-refractivity contribution is 5.98. The fourth-order valence-electron chi connectivity index (χ4n) is 4.67. The molecule has 3 fully saturated rings. The molecule has 0 radical (unpaired) electrons. The summed E-state index contributed by atoms with van der Waals surface area (Å²) >= 11 is 0. The molecule has 8 nitrogen and oxygen atoms in total. The average Bonchev–Trinajstić information content (AvgIpc) is 3.15. The highest BCUT2D eigenvalue weighted by atomic mass is 16.6. The molecular weight excluding hydrogens is 328 g/mol. The summed E-state index contributed by atoms with van der Waals surface area (Å²) in [4.78, 5) is 39.6. The zero-order valence-electron chi connectivity index (χ0n) is 14.9. The maximum absolute atomic E-state index is 13.0. The number of nitrogens with one attached hydrogen (secondary N) is 1. The van der Waals surface area contributed by atoms with E-state index in [2.05, 4.69) is 5.32 Å². The lowest BCUT2D eigenvalue weighted by Gasteiger charge is -2.33. The zero-order valence-corrected chi connectivity index (χ0v) is 14.9. The average molecular weight is 354 g/mol. The number of aliphatic hydroxyl groups excluding tert-OH is 1. The number of β-amino-alcohol motifs (C(OH)–C–C–N with tert-alkyl or cyclic N) is 1. The van der Waals surface area contributed by atoms with Gasteiger partial charge in [0, 0.05) is 12.6 Å². The van der Waals surface area contributed by atoms with Crippen molar-refractivity contribution in [3.8, 4) is 0 Å². The van der Waals surface area contributed by atoms with E-state index in [-0.39, 0.29) is 37.6 Å². The number of hydrogen-bond acceptors (Lipinski definition) is 6. The summed E-state index contributed by atoms with van der Waals surface area (Å²) in [5, 5.41) is 12.2. The van der Waals surface area contributed by atoms with E-state index in [1.54, 1.807) is 6.92 Å². The number of nitrogens with zero attached hydrogens (tertiary/aromatic N) is 1.